The molecule has 0 rings (SSSR count). The van der Waals surface area contributed by atoms with Crippen molar-refractivity contribution in [1.82, 2.24) is 4.90 Å². The molecule has 0 aromatic carbocycles. The summed E-state index contributed by atoms with van der Waals surface area (Å²) in [5, 5.41) is 0. The van der Waals surface area contributed by atoms with Crippen molar-refractivity contribution in [2.24, 2.45) is 5.92 Å². The maximum Gasteiger partial charge on any atom is 0.159 e. The standard InChI is InChI=1S/C9H17NO/c1-5-8(2)9(11)6-7-10(3)4/h6-8H,5H2,1-4H3/b7-6+. The van der Waals surface area contributed by atoms with Crippen molar-refractivity contribution in [2.45, 2.75) is 20.3 Å². The molecular formula is C9H17NO. The van der Waals surface area contributed by atoms with Gasteiger partial charge in [-0.15, -0.1) is 0 Å². The van der Waals surface area contributed by atoms with Crippen LogP contribution in [0.25, 0.3) is 0 Å². The number of carbonyl (C=O) groups excluding carboxylic acids is 1. The predicted octanol–water partition coefficient (Wildman–Crippen LogP) is 1.68. The highest BCUT2D eigenvalue weighted by atomic mass is 16.1. The van der Waals surface area contributed by atoms with Crippen LogP contribution in [0.5, 0.6) is 0 Å². The van der Waals surface area contributed by atoms with Gasteiger partial charge < -0.3 is 4.90 Å². The molecule has 1 unspecified atom stereocenters. The Kier molecular flexibility index (Phi) is 4.59. The van der Waals surface area contributed by atoms with Crippen LogP contribution in [0.3, 0.4) is 0 Å². The van der Waals surface area contributed by atoms with Crippen molar-refractivity contribution in [2.75, 3.05) is 14.1 Å². The zero-order valence-corrected chi connectivity index (χ0v) is 7.79. The van der Waals surface area contributed by atoms with E-state index in [0.717, 1.165) is 6.42 Å². The molecule has 0 N–H and O–H groups in total. The average molecular weight is 155 g/mol. The van der Waals surface area contributed by atoms with Gasteiger partial charge in [0.2, 0.25) is 0 Å². The minimum atomic E-state index is 0.159. The van der Waals surface area contributed by atoms with E-state index in [1.54, 1.807) is 12.3 Å². The first-order valence-electron chi connectivity index (χ1n) is 3.96. The van der Waals surface area contributed by atoms with E-state index < -0.39 is 0 Å². The van der Waals surface area contributed by atoms with Crippen molar-refractivity contribution in [3.8, 4) is 0 Å². The predicted molar refractivity (Wildman–Crippen MR) is 47.3 cm³/mol. The van der Waals surface area contributed by atoms with Crippen LogP contribution < -0.4 is 0 Å². The van der Waals surface area contributed by atoms with Gasteiger partial charge in [-0.05, 0) is 12.5 Å². The Balaban J connectivity index is 3.86. The van der Waals surface area contributed by atoms with Gasteiger partial charge in [0.05, 0.1) is 0 Å². The molecule has 1 atom stereocenters. The fraction of sp³-hybridized carbons (Fsp3) is 0.667. The van der Waals surface area contributed by atoms with Gasteiger partial charge in [0.1, 0.15) is 0 Å². The first-order valence-corrected chi connectivity index (χ1v) is 3.96. The smallest absolute Gasteiger partial charge is 0.159 e. The van der Waals surface area contributed by atoms with E-state index in [9.17, 15) is 4.79 Å². The fourth-order valence-electron chi connectivity index (χ4n) is 0.588. The third kappa shape index (κ3) is 4.59. The van der Waals surface area contributed by atoms with E-state index >= 15 is 0 Å². The summed E-state index contributed by atoms with van der Waals surface area (Å²) in [5.41, 5.74) is 0. The highest BCUT2D eigenvalue weighted by Gasteiger charge is 2.05. The third-order valence-electron chi connectivity index (χ3n) is 1.64. The molecule has 0 aliphatic heterocycles. The number of hydrogen-bond acceptors (Lipinski definition) is 2. The van der Waals surface area contributed by atoms with E-state index in [1.165, 1.54) is 0 Å². The summed E-state index contributed by atoms with van der Waals surface area (Å²) < 4.78 is 0. The molecule has 64 valence electrons. The van der Waals surface area contributed by atoms with Crippen LogP contribution in [0, 0.1) is 5.92 Å². The summed E-state index contributed by atoms with van der Waals surface area (Å²) in [5.74, 6) is 0.368. The first-order chi connectivity index (χ1) is 5.07. The van der Waals surface area contributed by atoms with Gasteiger partial charge in [-0.2, -0.15) is 0 Å². The van der Waals surface area contributed by atoms with Gasteiger partial charge in [0.25, 0.3) is 0 Å². The second-order valence-electron chi connectivity index (χ2n) is 2.99. The van der Waals surface area contributed by atoms with Crippen LogP contribution in [0.1, 0.15) is 20.3 Å². The number of hydrogen-bond donors (Lipinski definition) is 0. The quantitative estimate of drug-likeness (QED) is 0.576. The molecule has 0 heterocycles. The molecule has 0 radical (unpaired) electrons. The number of ketones is 1. The molecular weight excluding hydrogens is 138 g/mol. The molecule has 0 aromatic heterocycles. The molecule has 0 aliphatic rings. The summed E-state index contributed by atoms with van der Waals surface area (Å²) in [6, 6.07) is 0. The van der Waals surface area contributed by atoms with Crippen molar-refractivity contribution in [3.05, 3.63) is 12.3 Å². The van der Waals surface area contributed by atoms with Crippen LogP contribution in [0.15, 0.2) is 12.3 Å². The lowest BCUT2D eigenvalue weighted by Crippen LogP contribution is -2.08. The second-order valence-corrected chi connectivity index (χ2v) is 2.99. The molecule has 11 heavy (non-hydrogen) atoms. The molecule has 0 aromatic rings. The van der Waals surface area contributed by atoms with Crippen LogP contribution in [0.2, 0.25) is 0 Å². The topological polar surface area (TPSA) is 20.3 Å². The van der Waals surface area contributed by atoms with Gasteiger partial charge in [0.15, 0.2) is 5.78 Å². The van der Waals surface area contributed by atoms with Crippen LogP contribution in [0.4, 0.5) is 0 Å². The maximum atomic E-state index is 11.2. The first kappa shape index (κ1) is 10.2. The Morgan fingerprint density at radius 3 is 2.45 bits per heavy atom. The maximum absolute atomic E-state index is 11.2. The average Bonchev–Trinajstić information content (AvgIpc) is 1.98. The Bertz CT molecular complexity index is 150. The second kappa shape index (κ2) is 4.94. The number of rotatable bonds is 4. The van der Waals surface area contributed by atoms with Crippen molar-refractivity contribution < 1.29 is 4.79 Å². The lowest BCUT2D eigenvalue weighted by atomic mass is 10.0. The lowest BCUT2D eigenvalue weighted by Gasteiger charge is -2.05. The Morgan fingerprint density at radius 1 is 1.55 bits per heavy atom. The Morgan fingerprint density at radius 2 is 2.09 bits per heavy atom. The SMILES string of the molecule is CCC(C)C(=O)/C=C/N(C)C. The van der Waals surface area contributed by atoms with Crippen molar-refractivity contribution >= 4 is 5.78 Å². The minimum absolute atomic E-state index is 0.159. The molecule has 0 bridgehead atoms. The van der Waals surface area contributed by atoms with Gasteiger partial charge in [0, 0.05) is 26.2 Å². The summed E-state index contributed by atoms with van der Waals surface area (Å²) in [6.45, 7) is 3.97. The minimum Gasteiger partial charge on any atom is -0.383 e. The van der Waals surface area contributed by atoms with E-state index in [-0.39, 0.29) is 11.7 Å². The normalized spacial score (nSPS) is 13.5. The number of allylic oxidation sites excluding steroid dienone is 1. The van der Waals surface area contributed by atoms with Crippen molar-refractivity contribution in [1.29, 1.82) is 0 Å². The highest BCUT2D eigenvalue weighted by molar-refractivity contribution is 5.91. The summed E-state index contributed by atoms with van der Waals surface area (Å²) in [7, 11) is 3.81. The molecule has 0 spiro atoms. The third-order valence-corrected chi connectivity index (χ3v) is 1.64. The van der Waals surface area contributed by atoms with Gasteiger partial charge >= 0.3 is 0 Å². The fourth-order valence-corrected chi connectivity index (χ4v) is 0.588. The van der Waals surface area contributed by atoms with Gasteiger partial charge in [-0.3, -0.25) is 4.79 Å². The summed E-state index contributed by atoms with van der Waals surface area (Å²) in [4.78, 5) is 13.0. The zero-order chi connectivity index (χ0) is 8.85. The van der Waals surface area contributed by atoms with E-state index in [0.29, 0.717) is 0 Å². The van der Waals surface area contributed by atoms with E-state index in [4.69, 9.17) is 0 Å². The van der Waals surface area contributed by atoms with Gasteiger partial charge in [-0.25, -0.2) is 0 Å². The molecule has 0 saturated heterocycles. The number of nitrogens with zero attached hydrogens (tertiary/aromatic N) is 1. The van der Waals surface area contributed by atoms with Crippen LogP contribution in [-0.2, 0) is 4.79 Å². The van der Waals surface area contributed by atoms with Gasteiger partial charge in [-0.1, -0.05) is 13.8 Å². The summed E-state index contributed by atoms with van der Waals surface area (Å²) in [6.07, 6.45) is 4.33. The van der Waals surface area contributed by atoms with Crippen LogP contribution in [-0.4, -0.2) is 24.8 Å². The monoisotopic (exact) mass is 155 g/mol. The molecule has 0 aliphatic carbocycles. The van der Waals surface area contributed by atoms with E-state index in [1.807, 2.05) is 32.8 Å². The Labute approximate surface area is 68.9 Å². The van der Waals surface area contributed by atoms with E-state index in [2.05, 4.69) is 0 Å². The molecule has 0 fully saturated rings. The van der Waals surface area contributed by atoms with Crippen molar-refractivity contribution in [3.63, 3.8) is 0 Å². The molecule has 2 heteroatoms. The molecule has 0 amide bonds. The zero-order valence-electron chi connectivity index (χ0n) is 7.79. The Hall–Kier alpha value is -0.790. The summed E-state index contributed by atoms with van der Waals surface area (Å²) >= 11 is 0. The highest BCUT2D eigenvalue weighted by Crippen LogP contribution is 2.02. The molecule has 2 nitrogen and oxygen atoms in total. The largest absolute Gasteiger partial charge is 0.383 e. The van der Waals surface area contributed by atoms with Crippen LogP contribution >= 0.6 is 0 Å². The number of carbonyl (C=O) groups is 1. The molecule has 0 saturated carbocycles. The lowest BCUT2D eigenvalue weighted by molar-refractivity contribution is -0.117.